The Morgan fingerprint density at radius 2 is 1.95 bits per heavy atom. The first-order valence-corrected chi connectivity index (χ1v) is 8.17. The number of nitrogens with one attached hydrogen (secondary N) is 2. The van der Waals surface area contributed by atoms with Gasteiger partial charge in [-0.3, -0.25) is 9.69 Å². The van der Waals surface area contributed by atoms with E-state index in [1.54, 1.807) is 0 Å². The van der Waals surface area contributed by atoms with Crippen LogP contribution in [0.2, 0.25) is 0 Å². The summed E-state index contributed by atoms with van der Waals surface area (Å²) < 4.78 is 0. The van der Waals surface area contributed by atoms with Gasteiger partial charge in [-0.05, 0) is 53.0 Å². The highest BCUT2D eigenvalue weighted by Gasteiger charge is 2.23. The number of hydrogen-bond donors (Lipinski definition) is 2. The largest absolute Gasteiger partial charge is 0.355 e. The van der Waals surface area contributed by atoms with Gasteiger partial charge < -0.3 is 10.6 Å². The minimum atomic E-state index is 0.184. The lowest BCUT2D eigenvalue weighted by Crippen LogP contribution is -2.45. The van der Waals surface area contributed by atoms with E-state index in [0.29, 0.717) is 30.5 Å². The summed E-state index contributed by atoms with van der Waals surface area (Å²) in [5, 5.41) is 6.53. The maximum Gasteiger partial charge on any atom is 0.221 e. The summed E-state index contributed by atoms with van der Waals surface area (Å²) in [5.74, 6) is 0.793. The van der Waals surface area contributed by atoms with Crippen LogP contribution in [0.4, 0.5) is 0 Å². The molecule has 1 rings (SSSR count). The second kappa shape index (κ2) is 8.63. The molecule has 2 atom stereocenters. The Labute approximate surface area is 124 Å². The van der Waals surface area contributed by atoms with Crippen molar-refractivity contribution in [3.8, 4) is 0 Å². The van der Waals surface area contributed by atoms with Crippen molar-refractivity contribution in [3.63, 3.8) is 0 Å². The first-order chi connectivity index (χ1) is 9.41. The van der Waals surface area contributed by atoms with Crippen LogP contribution in [0.15, 0.2) is 0 Å². The summed E-state index contributed by atoms with van der Waals surface area (Å²) in [7, 11) is 0. The molecule has 0 aromatic rings. The summed E-state index contributed by atoms with van der Waals surface area (Å²) in [5.41, 5.74) is 0. The predicted molar refractivity (Wildman–Crippen MR) is 84.8 cm³/mol. The fraction of sp³-hybridized carbons (Fsp3) is 0.938. The van der Waals surface area contributed by atoms with Crippen LogP contribution in [0.1, 0.15) is 53.9 Å². The maximum atomic E-state index is 12.0. The van der Waals surface area contributed by atoms with Gasteiger partial charge in [-0.15, -0.1) is 0 Å². The highest BCUT2D eigenvalue weighted by Crippen LogP contribution is 2.17. The number of carbonyl (C=O) groups excluding carboxylic acids is 1. The molecule has 118 valence electrons. The second-order valence-corrected chi connectivity index (χ2v) is 6.66. The van der Waals surface area contributed by atoms with Gasteiger partial charge in [0, 0.05) is 37.6 Å². The minimum absolute atomic E-state index is 0.184. The Kier molecular flexibility index (Phi) is 7.52. The van der Waals surface area contributed by atoms with E-state index in [-0.39, 0.29) is 5.91 Å². The monoisotopic (exact) mass is 283 g/mol. The minimum Gasteiger partial charge on any atom is -0.355 e. The van der Waals surface area contributed by atoms with Crippen molar-refractivity contribution in [1.29, 1.82) is 0 Å². The Hall–Kier alpha value is -0.610. The zero-order valence-electron chi connectivity index (χ0n) is 13.9. The molecule has 20 heavy (non-hydrogen) atoms. The van der Waals surface area contributed by atoms with E-state index in [2.05, 4.69) is 50.2 Å². The van der Waals surface area contributed by atoms with Crippen molar-refractivity contribution in [2.45, 2.75) is 72.0 Å². The Bertz CT molecular complexity index is 283. The topological polar surface area (TPSA) is 44.4 Å². The summed E-state index contributed by atoms with van der Waals surface area (Å²) in [6.07, 6.45) is 3.08. The molecule has 1 aliphatic rings. The number of rotatable bonds is 7. The van der Waals surface area contributed by atoms with Crippen LogP contribution in [0.5, 0.6) is 0 Å². The Balaban J connectivity index is 2.25. The normalized spacial score (nSPS) is 23.6. The zero-order chi connectivity index (χ0) is 15.1. The van der Waals surface area contributed by atoms with E-state index in [4.69, 9.17) is 0 Å². The number of carbonyl (C=O) groups is 1. The van der Waals surface area contributed by atoms with Crippen molar-refractivity contribution in [1.82, 2.24) is 15.5 Å². The second-order valence-electron chi connectivity index (χ2n) is 6.66. The molecule has 0 aromatic heterocycles. The molecule has 4 nitrogen and oxygen atoms in total. The van der Waals surface area contributed by atoms with E-state index in [9.17, 15) is 4.79 Å². The van der Waals surface area contributed by atoms with E-state index in [1.165, 1.54) is 12.8 Å². The van der Waals surface area contributed by atoms with E-state index in [1.807, 2.05) is 0 Å². The summed E-state index contributed by atoms with van der Waals surface area (Å²) in [6.45, 7) is 13.8. The van der Waals surface area contributed by atoms with Crippen molar-refractivity contribution in [3.05, 3.63) is 0 Å². The average Bonchev–Trinajstić information content (AvgIpc) is 2.36. The molecule has 4 heteroatoms. The van der Waals surface area contributed by atoms with Crippen LogP contribution in [-0.4, -0.2) is 48.6 Å². The first kappa shape index (κ1) is 17.4. The SMILES string of the molecule is CC1CCCNC1CC(=O)NCCN(C(C)C)C(C)C. The molecule has 0 radical (unpaired) electrons. The van der Waals surface area contributed by atoms with E-state index >= 15 is 0 Å². The van der Waals surface area contributed by atoms with Gasteiger partial charge in [-0.2, -0.15) is 0 Å². The highest BCUT2D eigenvalue weighted by molar-refractivity contribution is 5.76. The molecule has 0 bridgehead atoms. The van der Waals surface area contributed by atoms with Gasteiger partial charge in [0.15, 0.2) is 0 Å². The molecule has 0 aliphatic carbocycles. The molecular formula is C16H33N3O. The first-order valence-electron chi connectivity index (χ1n) is 8.17. The Morgan fingerprint density at radius 3 is 2.50 bits per heavy atom. The van der Waals surface area contributed by atoms with Gasteiger partial charge in [0.05, 0.1) is 0 Å². The van der Waals surface area contributed by atoms with Crippen molar-refractivity contribution < 1.29 is 4.79 Å². The van der Waals surface area contributed by atoms with Crippen LogP contribution >= 0.6 is 0 Å². The lowest BCUT2D eigenvalue weighted by molar-refractivity contribution is -0.122. The van der Waals surface area contributed by atoms with Crippen LogP contribution in [-0.2, 0) is 4.79 Å². The maximum absolute atomic E-state index is 12.0. The van der Waals surface area contributed by atoms with Gasteiger partial charge in [0.2, 0.25) is 5.91 Å². The molecular weight excluding hydrogens is 250 g/mol. The fourth-order valence-corrected chi connectivity index (χ4v) is 3.10. The lowest BCUT2D eigenvalue weighted by atomic mass is 9.90. The highest BCUT2D eigenvalue weighted by atomic mass is 16.1. The van der Waals surface area contributed by atoms with Crippen molar-refractivity contribution in [2.24, 2.45) is 5.92 Å². The van der Waals surface area contributed by atoms with Gasteiger partial charge in [-0.1, -0.05) is 6.92 Å². The van der Waals surface area contributed by atoms with Crippen molar-refractivity contribution in [2.75, 3.05) is 19.6 Å². The Morgan fingerprint density at radius 1 is 1.30 bits per heavy atom. The third-order valence-corrected chi connectivity index (χ3v) is 4.35. The quantitative estimate of drug-likeness (QED) is 0.751. The molecule has 1 fully saturated rings. The van der Waals surface area contributed by atoms with Gasteiger partial charge in [0.25, 0.3) is 0 Å². The van der Waals surface area contributed by atoms with E-state index in [0.717, 1.165) is 19.6 Å². The summed E-state index contributed by atoms with van der Waals surface area (Å²) in [4.78, 5) is 14.4. The van der Waals surface area contributed by atoms with Crippen LogP contribution in [0.3, 0.4) is 0 Å². The third kappa shape index (κ3) is 5.80. The molecule has 0 spiro atoms. The van der Waals surface area contributed by atoms with Gasteiger partial charge in [0.1, 0.15) is 0 Å². The predicted octanol–water partition coefficient (Wildman–Crippen LogP) is 2.00. The van der Waals surface area contributed by atoms with Gasteiger partial charge >= 0.3 is 0 Å². The number of piperidine rings is 1. The fourth-order valence-electron chi connectivity index (χ4n) is 3.10. The van der Waals surface area contributed by atoms with Crippen LogP contribution in [0, 0.1) is 5.92 Å². The molecule has 1 heterocycles. The molecule has 0 aromatic carbocycles. The van der Waals surface area contributed by atoms with E-state index < -0.39 is 0 Å². The zero-order valence-corrected chi connectivity index (χ0v) is 13.9. The molecule has 1 amide bonds. The van der Waals surface area contributed by atoms with Gasteiger partial charge in [-0.25, -0.2) is 0 Å². The smallest absolute Gasteiger partial charge is 0.221 e. The summed E-state index contributed by atoms with van der Waals surface area (Å²) >= 11 is 0. The number of hydrogen-bond acceptors (Lipinski definition) is 3. The molecule has 1 aliphatic heterocycles. The third-order valence-electron chi connectivity index (χ3n) is 4.35. The lowest BCUT2D eigenvalue weighted by Gasteiger charge is -2.31. The number of nitrogens with zero attached hydrogens (tertiary/aromatic N) is 1. The number of amides is 1. The molecule has 2 N–H and O–H groups in total. The van der Waals surface area contributed by atoms with Crippen LogP contribution < -0.4 is 10.6 Å². The van der Waals surface area contributed by atoms with Crippen LogP contribution in [0.25, 0.3) is 0 Å². The molecule has 1 saturated heterocycles. The molecule has 0 saturated carbocycles. The van der Waals surface area contributed by atoms with Crippen molar-refractivity contribution >= 4 is 5.91 Å². The standard InChI is InChI=1S/C16H33N3O/c1-12(2)19(13(3)4)10-9-18-16(20)11-15-14(5)7-6-8-17-15/h12-15,17H,6-11H2,1-5H3,(H,18,20). The average molecular weight is 283 g/mol. The molecule has 2 unspecified atom stereocenters. The summed E-state index contributed by atoms with van der Waals surface area (Å²) in [6, 6.07) is 1.40.